The second-order valence-corrected chi connectivity index (χ2v) is 6.28. The first-order chi connectivity index (χ1) is 13.3. The first kappa shape index (κ1) is 17.3. The van der Waals surface area contributed by atoms with E-state index in [1.165, 1.54) is 0 Å². The Hall–Kier alpha value is -3.12. The molecule has 4 rings (SSSR count). The van der Waals surface area contributed by atoms with E-state index < -0.39 is 0 Å². The van der Waals surface area contributed by atoms with Crippen molar-refractivity contribution < 1.29 is 18.8 Å². The summed E-state index contributed by atoms with van der Waals surface area (Å²) < 4.78 is 16.4. The third kappa shape index (κ3) is 4.17. The number of morpholine rings is 1. The lowest BCUT2D eigenvalue weighted by Gasteiger charge is -2.25. The minimum atomic E-state index is -0.129. The topological polar surface area (TPSA) is 64.8 Å². The third-order valence-corrected chi connectivity index (χ3v) is 4.41. The number of carbonyl (C=O) groups is 1. The molecule has 3 aromatic rings. The Morgan fingerprint density at radius 3 is 2.52 bits per heavy atom. The molecule has 2 aromatic carbocycles. The average Bonchev–Trinajstić information content (AvgIpc) is 3.24. The first-order valence-corrected chi connectivity index (χ1v) is 8.90. The molecule has 0 saturated carbocycles. The molecule has 0 unspecified atom stereocenters. The van der Waals surface area contributed by atoms with Crippen LogP contribution in [0.15, 0.2) is 65.2 Å². The van der Waals surface area contributed by atoms with Gasteiger partial charge in [-0.1, -0.05) is 35.5 Å². The Labute approximate surface area is 157 Å². The Morgan fingerprint density at radius 2 is 1.78 bits per heavy atom. The molecule has 27 heavy (non-hydrogen) atoms. The van der Waals surface area contributed by atoms with Crippen molar-refractivity contribution in [2.75, 3.05) is 26.3 Å². The Balaban J connectivity index is 1.40. The largest absolute Gasteiger partial charge is 0.489 e. The summed E-state index contributed by atoms with van der Waals surface area (Å²) in [6.45, 7) is 2.78. The Morgan fingerprint density at radius 1 is 1.04 bits per heavy atom. The summed E-state index contributed by atoms with van der Waals surface area (Å²) in [5, 5.41) is 3.93. The normalized spacial score (nSPS) is 14.1. The lowest BCUT2D eigenvalue weighted by molar-refractivity contribution is 0.0296. The van der Waals surface area contributed by atoms with E-state index in [2.05, 4.69) is 5.16 Å². The molecule has 1 aliphatic rings. The van der Waals surface area contributed by atoms with Crippen molar-refractivity contribution in [2.45, 2.75) is 6.61 Å². The van der Waals surface area contributed by atoms with Crippen LogP contribution >= 0.6 is 0 Å². The summed E-state index contributed by atoms with van der Waals surface area (Å²) >= 11 is 0. The highest BCUT2D eigenvalue weighted by atomic mass is 16.5. The number of nitrogens with zero attached hydrogens (tertiary/aromatic N) is 2. The molecule has 0 radical (unpaired) electrons. The van der Waals surface area contributed by atoms with Gasteiger partial charge in [-0.2, -0.15) is 0 Å². The van der Waals surface area contributed by atoms with E-state index in [9.17, 15) is 4.79 Å². The van der Waals surface area contributed by atoms with Crippen LogP contribution in [-0.4, -0.2) is 42.3 Å². The predicted molar refractivity (Wildman–Crippen MR) is 99.4 cm³/mol. The molecule has 6 heteroatoms. The average molecular weight is 364 g/mol. The molecule has 0 spiro atoms. The van der Waals surface area contributed by atoms with Gasteiger partial charge < -0.3 is 18.9 Å². The highest BCUT2D eigenvalue weighted by Gasteiger charge is 2.22. The lowest BCUT2D eigenvalue weighted by atomic mass is 10.1. The number of hydrogen-bond acceptors (Lipinski definition) is 5. The molecular weight excluding hydrogens is 344 g/mol. The van der Waals surface area contributed by atoms with Crippen LogP contribution in [-0.2, 0) is 11.3 Å². The Kier molecular flexibility index (Phi) is 5.16. The highest BCUT2D eigenvalue weighted by Crippen LogP contribution is 2.24. The van der Waals surface area contributed by atoms with Gasteiger partial charge in [-0.15, -0.1) is 0 Å². The summed E-state index contributed by atoms with van der Waals surface area (Å²) in [5.74, 6) is 1.20. The van der Waals surface area contributed by atoms with E-state index in [0.717, 1.165) is 16.9 Å². The summed E-state index contributed by atoms with van der Waals surface area (Å²) in [4.78, 5) is 14.2. The van der Waals surface area contributed by atoms with Crippen molar-refractivity contribution in [3.63, 3.8) is 0 Å². The number of amides is 1. The fraction of sp³-hybridized carbons (Fsp3) is 0.238. The van der Waals surface area contributed by atoms with Crippen molar-refractivity contribution in [3.8, 4) is 17.1 Å². The molecule has 1 fully saturated rings. The van der Waals surface area contributed by atoms with E-state index in [-0.39, 0.29) is 5.91 Å². The zero-order valence-electron chi connectivity index (χ0n) is 14.8. The molecule has 1 aromatic heterocycles. The molecule has 0 bridgehead atoms. The maximum Gasteiger partial charge on any atom is 0.276 e. The molecule has 0 atom stereocenters. The minimum absolute atomic E-state index is 0.129. The van der Waals surface area contributed by atoms with E-state index >= 15 is 0 Å². The van der Waals surface area contributed by atoms with E-state index in [4.69, 9.17) is 14.0 Å². The third-order valence-electron chi connectivity index (χ3n) is 4.41. The fourth-order valence-electron chi connectivity index (χ4n) is 2.90. The van der Waals surface area contributed by atoms with Gasteiger partial charge in [0, 0.05) is 24.7 Å². The monoisotopic (exact) mass is 364 g/mol. The van der Waals surface area contributed by atoms with Crippen molar-refractivity contribution in [1.29, 1.82) is 0 Å². The molecular formula is C21H20N2O4. The van der Waals surface area contributed by atoms with Crippen molar-refractivity contribution in [2.24, 2.45) is 0 Å². The number of ether oxygens (including phenoxy) is 2. The van der Waals surface area contributed by atoms with Gasteiger partial charge in [-0.3, -0.25) is 4.79 Å². The zero-order valence-corrected chi connectivity index (χ0v) is 14.8. The van der Waals surface area contributed by atoms with Crippen molar-refractivity contribution >= 4 is 5.91 Å². The van der Waals surface area contributed by atoms with Crippen molar-refractivity contribution in [1.82, 2.24) is 10.1 Å². The van der Waals surface area contributed by atoms with Gasteiger partial charge in [0.2, 0.25) is 0 Å². The molecule has 0 aliphatic carbocycles. The van der Waals surface area contributed by atoms with Crippen LogP contribution in [0.3, 0.4) is 0 Å². The van der Waals surface area contributed by atoms with Gasteiger partial charge >= 0.3 is 0 Å². The Bertz CT molecular complexity index is 884. The van der Waals surface area contributed by atoms with Gasteiger partial charge in [0.1, 0.15) is 12.4 Å². The summed E-state index contributed by atoms with van der Waals surface area (Å²) in [5.41, 5.74) is 2.27. The standard InChI is InChI=1S/C21H20N2O4/c24-21(23-10-12-25-13-11-23)19-14-20(27-22-19)17-6-8-18(9-7-17)26-15-16-4-2-1-3-5-16/h1-9,14H,10-13,15H2. The highest BCUT2D eigenvalue weighted by molar-refractivity contribution is 5.93. The van der Waals surface area contributed by atoms with E-state index in [1.54, 1.807) is 11.0 Å². The summed E-state index contributed by atoms with van der Waals surface area (Å²) in [7, 11) is 0. The van der Waals surface area contributed by atoms with Gasteiger partial charge in [0.15, 0.2) is 11.5 Å². The second-order valence-electron chi connectivity index (χ2n) is 6.28. The molecule has 1 amide bonds. The maximum atomic E-state index is 12.4. The minimum Gasteiger partial charge on any atom is -0.489 e. The predicted octanol–water partition coefficient (Wildman–Crippen LogP) is 3.39. The van der Waals surface area contributed by atoms with Crippen LogP contribution in [0.1, 0.15) is 16.1 Å². The SMILES string of the molecule is O=C(c1cc(-c2ccc(OCc3ccccc3)cc2)on1)N1CCOCC1. The van der Waals surface area contributed by atoms with E-state index in [1.807, 2.05) is 54.6 Å². The molecule has 6 nitrogen and oxygen atoms in total. The molecule has 1 aliphatic heterocycles. The lowest BCUT2D eigenvalue weighted by Crippen LogP contribution is -2.40. The fourth-order valence-corrected chi connectivity index (χ4v) is 2.90. The van der Waals surface area contributed by atoms with Crippen molar-refractivity contribution in [3.05, 3.63) is 71.9 Å². The van der Waals surface area contributed by atoms with Gasteiger partial charge in [-0.25, -0.2) is 0 Å². The maximum absolute atomic E-state index is 12.4. The number of carbonyl (C=O) groups excluding carboxylic acids is 1. The van der Waals surface area contributed by atoms with Crippen LogP contribution < -0.4 is 4.74 Å². The molecule has 2 heterocycles. The molecule has 0 N–H and O–H groups in total. The number of benzene rings is 2. The van der Waals surface area contributed by atoms with Gasteiger partial charge in [0.25, 0.3) is 5.91 Å². The van der Waals surface area contributed by atoms with Crippen LogP contribution in [0.2, 0.25) is 0 Å². The van der Waals surface area contributed by atoms with Gasteiger partial charge in [0.05, 0.1) is 13.2 Å². The zero-order chi connectivity index (χ0) is 18.5. The van der Waals surface area contributed by atoms with Gasteiger partial charge in [-0.05, 0) is 29.8 Å². The first-order valence-electron chi connectivity index (χ1n) is 8.90. The number of rotatable bonds is 5. The quantitative estimate of drug-likeness (QED) is 0.694. The second kappa shape index (κ2) is 8.05. The van der Waals surface area contributed by atoms with Crippen LogP contribution in [0.5, 0.6) is 5.75 Å². The van der Waals surface area contributed by atoms with Crippen LogP contribution in [0.4, 0.5) is 0 Å². The molecule has 138 valence electrons. The van der Waals surface area contributed by atoms with Crippen LogP contribution in [0.25, 0.3) is 11.3 Å². The van der Waals surface area contributed by atoms with Crippen LogP contribution in [0, 0.1) is 0 Å². The number of aromatic nitrogens is 1. The summed E-state index contributed by atoms with van der Waals surface area (Å²) in [6.07, 6.45) is 0. The van der Waals surface area contributed by atoms with E-state index in [0.29, 0.717) is 44.4 Å². The molecule has 1 saturated heterocycles. The smallest absolute Gasteiger partial charge is 0.276 e. The number of hydrogen-bond donors (Lipinski definition) is 0. The summed E-state index contributed by atoms with van der Waals surface area (Å²) in [6, 6.07) is 19.2.